The summed E-state index contributed by atoms with van der Waals surface area (Å²) in [5.41, 5.74) is 0. The molecule has 0 aliphatic carbocycles. The molecule has 2 atom stereocenters. The third kappa shape index (κ3) is 2.17. The predicted molar refractivity (Wildman–Crippen MR) is 48.8 cm³/mol. The highest BCUT2D eigenvalue weighted by atomic mass is 15.2. The summed E-state index contributed by atoms with van der Waals surface area (Å²) >= 11 is 0. The average Bonchev–Trinajstić information content (AvgIpc) is 2.04. The molecule has 1 aliphatic rings. The molecule has 0 aromatic carbocycles. The monoisotopic (exact) mass is 156 g/mol. The molecule has 11 heavy (non-hydrogen) atoms. The molecular formula is C9H20N2. The van der Waals surface area contributed by atoms with Gasteiger partial charge in [0, 0.05) is 31.7 Å². The van der Waals surface area contributed by atoms with E-state index in [2.05, 4.69) is 31.0 Å². The minimum absolute atomic E-state index is 0.721. The Bertz CT molecular complexity index is 110. The molecule has 1 aliphatic heterocycles. The van der Waals surface area contributed by atoms with E-state index in [1.54, 1.807) is 0 Å². The molecule has 0 spiro atoms. The molecule has 1 saturated heterocycles. The maximum Gasteiger partial charge on any atom is 0.0195 e. The Labute approximate surface area is 70.0 Å². The zero-order chi connectivity index (χ0) is 8.27. The molecular weight excluding hydrogens is 136 g/mol. The molecule has 1 rings (SSSR count). The maximum atomic E-state index is 3.40. The molecule has 66 valence electrons. The van der Waals surface area contributed by atoms with Gasteiger partial charge in [-0.3, -0.25) is 4.90 Å². The summed E-state index contributed by atoms with van der Waals surface area (Å²) in [5.74, 6) is 0. The van der Waals surface area contributed by atoms with Crippen LogP contribution in [0.1, 0.15) is 27.2 Å². The largest absolute Gasteiger partial charge is 0.314 e. The molecule has 1 unspecified atom stereocenters. The van der Waals surface area contributed by atoms with Gasteiger partial charge in [-0.05, 0) is 20.3 Å². The Morgan fingerprint density at radius 3 is 2.91 bits per heavy atom. The number of nitrogens with zero attached hydrogens (tertiary/aromatic N) is 1. The third-order valence-corrected chi connectivity index (χ3v) is 2.71. The van der Waals surface area contributed by atoms with Gasteiger partial charge in [0.1, 0.15) is 0 Å². The van der Waals surface area contributed by atoms with E-state index < -0.39 is 0 Å². The van der Waals surface area contributed by atoms with Crippen LogP contribution in [0.5, 0.6) is 0 Å². The molecule has 0 aromatic rings. The minimum Gasteiger partial charge on any atom is -0.314 e. The topological polar surface area (TPSA) is 15.3 Å². The Hall–Kier alpha value is -0.0800. The fourth-order valence-corrected chi connectivity index (χ4v) is 1.75. The first-order chi connectivity index (χ1) is 5.25. The second-order valence-electron chi connectivity index (χ2n) is 3.55. The van der Waals surface area contributed by atoms with E-state index in [0.29, 0.717) is 0 Å². The van der Waals surface area contributed by atoms with Crippen molar-refractivity contribution in [2.45, 2.75) is 39.3 Å². The van der Waals surface area contributed by atoms with Crippen molar-refractivity contribution in [2.24, 2.45) is 0 Å². The van der Waals surface area contributed by atoms with Crippen molar-refractivity contribution < 1.29 is 0 Å². The molecule has 0 radical (unpaired) electrons. The minimum atomic E-state index is 0.721. The lowest BCUT2D eigenvalue weighted by atomic mass is 10.1. The van der Waals surface area contributed by atoms with E-state index >= 15 is 0 Å². The SMILES string of the molecule is CCC(C)N1CCNC[C@@H]1C. The fraction of sp³-hybridized carbons (Fsp3) is 1.00. The molecule has 1 fully saturated rings. The molecule has 2 heteroatoms. The van der Waals surface area contributed by atoms with Gasteiger partial charge < -0.3 is 5.32 Å². The number of rotatable bonds is 2. The van der Waals surface area contributed by atoms with Crippen molar-refractivity contribution in [3.63, 3.8) is 0 Å². The Morgan fingerprint density at radius 1 is 1.64 bits per heavy atom. The number of nitrogens with one attached hydrogen (secondary N) is 1. The van der Waals surface area contributed by atoms with Gasteiger partial charge in [-0.1, -0.05) is 6.92 Å². The van der Waals surface area contributed by atoms with Gasteiger partial charge in [-0.25, -0.2) is 0 Å². The van der Waals surface area contributed by atoms with Crippen molar-refractivity contribution in [3.05, 3.63) is 0 Å². The molecule has 0 saturated carbocycles. The molecule has 0 amide bonds. The summed E-state index contributed by atoms with van der Waals surface area (Å²) in [6, 6.07) is 1.48. The van der Waals surface area contributed by atoms with E-state index in [9.17, 15) is 0 Å². The number of hydrogen-bond donors (Lipinski definition) is 1. The van der Waals surface area contributed by atoms with Crippen LogP contribution in [0.3, 0.4) is 0 Å². The van der Waals surface area contributed by atoms with Crippen molar-refractivity contribution in [1.29, 1.82) is 0 Å². The van der Waals surface area contributed by atoms with Crippen LogP contribution < -0.4 is 5.32 Å². The molecule has 2 nitrogen and oxygen atoms in total. The zero-order valence-electron chi connectivity index (χ0n) is 7.93. The van der Waals surface area contributed by atoms with Gasteiger partial charge in [-0.15, -0.1) is 0 Å². The van der Waals surface area contributed by atoms with Gasteiger partial charge in [-0.2, -0.15) is 0 Å². The lowest BCUT2D eigenvalue weighted by Crippen LogP contribution is -2.52. The van der Waals surface area contributed by atoms with Gasteiger partial charge >= 0.3 is 0 Å². The molecule has 1 N–H and O–H groups in total. The lowest BCUT2D eigenvalue weighted by molar-refractivity contribution is 0.123. The third-order valence-electron chi connectivity index (χ3n) is 2.71. The van der Waals surface area contributed by atoms with Crippen LogP contribution in [0, 0.1) is 0 Å². The van der Waals surface area contributed by atoms with Crippen LogP contribution in [0.2, 0.25) is 0 Å². The first kappa shape index (κ1) is 9.01. The van der Waals surface area contributed by atoms with E-state index in [-0.39, 0.29) is 0 Å². The van der Waals surface area contributed by atoms with Crippen LogP contribution in [-0.4, -0.2) is 36.6 Å². The molecule has 0 aromatic heterocycles. The summed E-state index contributed by atoms with van der Waals surface area (Å²) in [5, 5.41) is 3.40. The number of piperazine rings is 1. The van der Waals surface area contributed by atoms with Gasteiger partial charge in [0.2, 0.25) is 0 Å². The zero-order valence-corrected chi connectivity index (χ0v) is 7.93. The second-order valence-corrected chi connectivity index (χ2v) is 3.55. The van der Waals surface area contributed by atoms with Crippen molar-refractivity contribution in [2.75, 3.05) is 19.6 Å². The highest BCUT2D eigenvalue weighted by molar-refractivity contribution is 4.79. The van der Waals surface area contributed by atoms with Gasteiger partial charge in [0.15, 0.2) is 0 Å². The van der Waals surface area contributed by atoms with Crippen molar-refractivity contribution in [3.8, 4) is 0 Å². The standard InChI is InChI=1S/C9H20N2/c1-4-8(2)11-6-5-10-7-9(11)3/h8-10H,4-7H2,1-3H3/t8?,9-/m0/s1. The Morgan fingerprint density at radius 2 is 2.36 bits per heavy atom. The van der Waals surface area contributed by atoms with Crippen LogP contribution in [0.15, 0.2) is 0 Å². The van der Waals surface area contributed by atoms with E-state index in [1.807, 2.05) is 0 Å². The quantitative estimate of drug-likeness (QED) is 0.643. The van der Waals surface area contributed by atoms with E-state index in [1.165, 1.54) is 13.0 Å². The van der Waals surface area contributed by atoms with E-state index in [0.717, 1.165) is 25.2 Å². The van der Waals surface area contributed by atoms with Crippen LogP contribution >= 0.6 is 0 Å². The van der Waals surface area contributed by atoms with Crippen LogP contribution in [0.4, 0.5) is 0 Å². The summed E-state index contributed by atoms with van der Waals surface area (Å²) in [7, 11) is 0. The molecule has 1 heterocycles. The normalized spacial score (nSPS) is 30.3. The van der Waals surface area contributed by atoms with Gasteiger partial charge in [0.05, 0.1) is 0 Å². The molecule has 0 bridgehead atoms. The number of hydrogen-bond acceptors (Lipinski definition) is 2. The Kier molecular flexibility index (Phi) is 3.34. The summed E-state index contributed by atoms with van der Waals surface area (Å²) in [4.78, 5) is 2.59. The highest BCUT2D eigenvalue weighted by Crippen LogP contribution is 2.09. The second kappa shape index (κ2) is 4.07. The van der Waals surface area contributed by atoms with Gasteiger partial charge in [0.25, 0.3) is 0 Å². The fourth-order valence-electron chi connectivity index (χ4n) is 1.75. The maximum absolute atomic E-state index is 3.40. The average molecular weight is 156 g/mol. The Balaban J connectivity index is 2.40. The van der Waals surface area contributed by atoms with Crippen LogP contribution in [0.25, 0.3) is 0 Å². The predicted octanol–water partition coefficient (Wildman–Crippen LogP) is 1.08. The van der Waals surface area contributed by atoms with Crippen LogP contribution in [-0.2, 0) is 0 Å². The summed E-state index contributed by atoms with van der Waals surface area (Å²) in [6.45, 7) is 10.4. The highest BCUT2D eigenvalue weighted by Gasteiger charge is 2.20. The summed E-state index contributed by atoms with van der Waals surface area (Å²) in [6.07, 6.45) is 1.27. The lowest BCUT2D eigenvalue weighted by Gasteiger charge is -2.38. The smallest absolute Gasteiger partial charge is 0.0195 e. The van der Waals surface area contributed by atoms with Crippen molar-refractivity contribution in [1.82, 2.24) is 10.2 Å². The first-order valence-corrected chi connectivity index (χ1v) is 4.72. The first-order valence-electron chi connectivity index (χ1n) is 4.72. The van der Waals surface area contributed by atoms with E-state index in [4.69, 9.17) is 0 Å². The summed E-state index contributed by atoms with van der Waals surface area (Å²) < 4.78 is 0. The van der Waals surface area contributed by atoms with Crippen molar-refractivity contribution >= 4 is 0 Å².